The van der Waals surface area contributed by atoms with Gasteiger partial charge in [0.15, 0.2) is 5.65 Å². The number of anilines is 4. The lowest BCUT2D eigenvalue weighted by molar-refractivity contribution is -0.114. The second-order valence-corrected chi connectivity index (χ2v) is 10.7. The van der Waals surface area contributed by atoms with Crippen LogP contribution in [0, 0.1) is 0 Å². The molecular formula is C31H28N6O3S. The maximum absolute atomic E-state index is 13.0. The third-order valence-corrected chi connectivity index (χ3v) is 7.22. The Morgan fingerprint density at radius 2 is 1.59 bits per heavy atom. The predicted octanol–water partition coefficient (Wildman–Crippen LogP) is 6.96. The summed E-state index contributed by atoms with van der Waals surface area (Å²) in [4.78, 5) is 39.6. The Bertz CT molecular complexity index is 1720. The van der Waals surface area contributed by atoms with Crippen LogP contribution in [0.15, 0.2) is 95.0 Å². The van der Waals surface area contributed by atoms with Gasteiger partial charge in [-0.05, 0) is 84.8 Å². The van der Waals surface area contributed by atoms with Crippen molar-refractivity contribution >= 4 is 57.5 Å². The van der Waals surface area contributed by atoms with E-state index in [1.165, 1.54) is 25.0 Å². The Balaban J connectivity index is 1.46. The number of fused-ring (bicyclic) bond motifs is 1. The first-order valence-electron chi connectivity index (χ1n) is 12.9. The molecule has 0 radical (unpaired) electrons. The zero-order valence-corrected chi connectivity index (χ0v) is 23.5. The van der Waals surface area contributed by atoms with Crippen molar-refractivity contribution in [1.29, 1.82) is 0 Å². The molecule has 0 atom stereocenters. The van der Waals surface area contributed by atoms with Gasteiger partial charge in [0.1, 0.15) is 17.9 Å². The highest BCUT2D eigenvalue weighted by Crippen LogP contribution is 2.38. The standard InChI is InChI=1S/C31H28N6O3S/c1-18(2)26-14-13-25-29(36-26)32-17-33-30(25)37-27-16-22(8-15-28(27)41-24-11-9-23(39)10-12-24)35-31(40)20-4-6-21(7-5-20)34-19(3)38/h4-18,39H,1-3H3,(H,34,38)(H,35,40)(H,32,33,36,37). The summed E-state index contributed by atoms with van der Waals surface area (Å²) in [7, 11) is 0. The smallest absolute Gasteiger partial charge is 0.255 e. The lowest BCUT2D eigenvalue weighted by atomic mass is 10.1. The van der Waals surface area contributed by atoms with E-state index in [0.717, 1.165) is 26.6 Å². The molecule has 5 rings (SSSR count). The summed E-state index contributed by atoms with van der Waals surface area (Å²) in [6.07, 6.45) is 1.48. The summed E-state index contributed by atoms with van der Waals surface area (Å²) in [5.74, 6) is 0.572. The summed E-state index contributed by atoms with van der Waals surface area (Å²) in [6.45, 7) is 5.59. The van der Waals surface area contributed by atoms with Crippen LogP contribution in [0.2, 0.25) is 0 Å². The monoisotopic (exact) mass is 564 g/mol. The van der Waals surface area contributed by atoms with Crippen LogP contribution in [0.4, 0.5) is 22.9 Å². The summed E-state index contributed by atoms with van der Waals surface area (Å²) in [5, 5.41) is 19.5. The zero-order valence-electron chi connectivity index (χ0n) is 22.7. The lowest BCUT2D eigenvalue weighted by Crippen LogP contribution is -2.12. The van der Waals surface area contributed by atoms with Gasteiger partial charge in [0.25, 0.3) is 5.91 Å². The average molecular weight is 565 g/mol. The predicted molar refractivity (Wildman–Crippen MR) is 162 cm³/mol. The molecule has 4 N–H and O–H groups in total. The fourth-order valence-corrected chi connectivity index (χ4v) is 4.93. The normalized spacial score (nSPS) is 10.9. The van der Waals surface area contributed by atoms with Crippen LogP contribution >= 0.6 is 11.8 Å². The van der Waals surface area contributed by atoms with Crippen LogP contribution in [0.5, 0.6) is 5.75 Å². The Labute approximate surface area is 241 Å². The molecule has 0 aliphatic rings. The van der Waals surface area contributed by atoms with Gasteiger partial charge in [-0.2, -0.15) is 0 Å². The largest absolute Gasteiger partial charge is 0.508 e. The van der Waals surface area contributed by atoms with Gasteiger partial charge in [-0.15, -0.1) is 0 Å². The number of rotatable bonds is 8. The number of phenolic OH excluding ortho intramolecular Hbond substituents is 1. The number of carbonyl (C=O) groups excluding carboxylic acids is 2. The van der Waals surface area contributed by atoms with Crippen molar-refractivity contribution < 1.29 is 14.7 Å². The van der Waals surface area contributed by atoms with Gasteiger partial charge in [0.2, 0.25) is 5.91 Å². The molecule has 0 spiro atoms. The summed E-state index contributed by atoms with van der Waals surface area (Å²) >= 11 is 1.50. The molecule has 206 valence electrons. The van der Waals surface area contributed by atoms with E-state index in [2.05, 4.69) is 44.7 Å². The first-order valence-corrected chi connectivity index (χ1v) is 13.8. The number of aromatic hydroxyl groups is 1. The fraction of sp³-hybridized carbons (Fsp3) is 0.129. The van der Waals surface area contributed by atoms with Gasteiger partial charge in [0, 0.05) is 39.3 Å². The van der Waals surface area contributed by atoms with Crippen molar-refractivity contribution in [2.45, 2.75) is 36.5 Å². The number of hydrogen-bond donors (Lipinski definition) is 4. The van der Waals surface area contributed by atoms with Crippen molar-refractivity contribution in [3.05, 3.63) is 96.4 Å². The molecule has 0 saturated heterocycles. The highest BCUT2D eigenvalue weighted by atomic mass is 32.2. The van der Waals surface area contributed by atoms with Gasteiger partial charge in [0.05, 0.1) is 11.1 Å². The fourth-order valence-electron chi connectivity index (χ4n) is 4.05. The van der Waals surface area contributed by atoms with Gasteiger partial charge in [-0.1, -0.05) is 25.6 Å². The van der Waals surface area contributed by atoms with Gasteiger partial charge >= 0.3 is 0 Å². The molecule has 0 aliphatic carbocycles. The van der Waals surface area contributed by atoms with E-state index in [1.807, 2.05) is 42.5 Å². The van der Waals surface area contributed by atoms with Crippen LogP contribution in [-0.4, -0.2) is 31.9 Å². The minimum Gasteiger partial charge on any atom is -0.508 e. The van der Waals surface area contributed by atoms with E-state index in [9.17, 15) is 14.7 Å². The molecule has 0 bridgehead atoms. The van der Waals surface area contributed by atoms with Crippen LogP contribution < -0.4 is 16.0 Å². The van der Waals surface area contributed by atoms with Crippen molar-refractivity contribution in [3.8, 4) is 5.75 Å². The molecule has 2 amide bonds. The molecule has 9 nitrogen and oxygen atoms in total. The number of aromatic nitrogens is 3. The zero-order chi connectivity index (χ0) is 28.9. The number of carbonyl (C=O) groups is 2. The van der Waals surface area contributed by atoms with Crippen molar-refractivity contribution in [2.24, 2.45) is 0 Å². The maximum Gasteiger partial charge on any atom is 0.255 e. The number of amides is 2. The molecule has 0 aliphatic heterocycles. The third-order valence-electron chi connectivity index (χ3n) is 6.13. The van der Waals surface area contributed by atoms with Crippen molar-refractivity contribution in [1.82, 2.24) is 15.0 Å². The number of phenols is 1. The molecule has 41 heavy (non-hydrogen) atoms. The average Bonchev–Trinajstić information content (AvgIpc) is 2.95. The molecule has 2 heterocycles. The van der Waals surface area contributed by atoms with E-state index in [4.69, 9.17) is 0 Å². The van der Waals surface area contributed by atoms with Gasteiger partial charge < -0.3 is 21.1 Å². The SMILES string of the molecule is CC(=O)Nc1ccc(C(=O)Nc2ccc(Sc3ccc(O)cc3)c(Nc3ncnc4nc(C(C)C)ccc34)c2)cc1. The van der Waals surface area contributed by atoms with Crippen LogP contribution in [0.25, 0.3) is 11.0 Å². The molecule has 10 heteroatoms. The molecular weight excluding hydrogens is 536 g/mol. The van der Waals surface area contributed by atoms with E-state index in [1.54, 1.807) is 36.4 Å². The Hall–Kier alpha value is -4.96. The quantitative estimate of drug-likeness (QED) is 0.159. The second-order valence-electron chi connectivity index (χ2n) is 9.63. The molecule has 3 aromatic carbocycles. The van der Waals surface area contributed by atoms with E-state index >= 15 is 0 Å². The number of benzene rings is 3. The Morgan fingerprint density at radius 3 is 2.29 bits per heavy atom. The van der Waals surface area contributed by atoms with Crippen molar-refractivity contribution in [2.75, 3.05) is 16.0 Å². The maximum atomic E-state index is 13.0. The van der Waals surface area contributed by atoms with E-state index in [0.29, 0.717) is 28.4 Å². The number of nitrogens with zero attached hydrogens (tertiary/aromatic N) is 3. The highest BCUT2D eigenvalue weighted by molar-refractivity contribution is 7.99. The molecule has 5 aromatic rings. The highest BCUT2D eigenvalue weighted by Gasteiger charge is 2.14. The topological polar surface area (TPSA) is 129 Å². The number of hydrogen-bond acceptors (Lipinski definition) is 8. The van der Waals surface area contributed by atoms with Crippen LogP contribution in [0.3, 0.4) is 0 Å². The number of nitrogens with one attached hydrogen (secondary N) is 3. The molecule has 0 fully saturated rings. The molecule has 0 unspecified atom stereocenters. The summed E-state index contributed by atoms with van der Waals surface area (Å²) in [5.41, 5.74) is 3.90. The van der Waals surface area contributed by atoms with E-state index in [-0.39, 0.29) is 23.5 Å². The van der Waals surface area contributed by atoms with Crippen LogP contribution in [0.1, 0.15) is 42.7 Å². The Morgan fingerprint density at radius 1 is 0.854 bits per heavy atom. The second kappa shape index (κ2) is 12.1. The third kappa shape index (κ3) is 6.79. The van der Waals surface area contributed by atoms with Crippen LogP contribution in [-0.2, 0) is 4.79 Å². The minimum atomic E-state index is -0.290. The molecule has 2 aromatic heterocycles. The van der Waals surface area contributed by atoms with Gasteiger partial charge in [-0.25, -0.2) is 15.0 Å². The van der Waals surface area contributed by atoms with Gasteiger partial charge in [-0.3, -0.25) is 9.59 Å². The first kappa shape index (κ1) is 27.6. The lowest BCUT2D eigenvalue weighted by Gasteiger charge is -2.15. The first-order chi connectivity index (χ1) is 19.7. The van der Waals surface area contributed by atoms with Crippen molar-refractivity contribution in [3.63, 3.8) is 0 Å². The summed E-state index contributed by atoms with van der Waals surface area (Å²) < 4.78 is 0. The molecule has 0 saturated carbocycles. The summed E-state index contributed by atoms with van der Waals surface area (Å²) in [6, 6.07) is 23.1. The number of pyridine rings is 1. The Kier molecular flexibility index (Phi) is 8.11. The minimum absolute atomic E-state index is 0.180. The van der Waals surface area contributed by atoms with E-state index < -0.39 is 0 Å².